The molecular weight excluding hydrogens is 206 g/mol. The molecule has 0 aliphatic carbocycles. The van der Waals surface area contributed by atoms with E-state index in [4.69, 9.17) is 5.73 Å². The molecule has 0 aliphatic rings. The first-order valence-electron chi connectivity index (χ1n) is 4.54. The quantitative estimate of drug-likeness (QED) is 0.786. The number of rotatable bonds is 3. The Morgan fingerprint density at radius 3 is 2.56 bits per heavy atom. The normalized spacial score (nSPS) is 9.75. The molecule has 2 aromatic rings. The van der Waals surface area contributed by atoms with Gasteiger partial charge in [0.05, 0.1) is 17.4 Å². The van der Waals surface area contributed by atoms with Crippen molar-refractivity contribution in [2.45, 2.75) is 0 Å². The summed E-state index contributed by atoms with van der Waals surface area (Å²) in [5.41, 5.74) is 6.11. The van der Waals surface area contributed by atoms with E-state index in [0.29, 0.717) is 5.95 Å². The number of aromatic nitrogens is 3. The van der Waals surface area contributed by atoms with Gasteiger partial charge in [0.15, 0.2) is 0 Å². The van der Waals surface area contributed by atoms with Crippen LogP contribution in [0.5, 0.6) is 0 Å². The molecule has 2 rings (SSSR count). The van der Waals surface area contributed by atoms with Gasteiger partial charge < -0.3 is 11.1 Å². The van der Waals surface area contributed by atoms with Crippen LogP contribution < -0.4 is 11.1 Å². The van der Waals surface area contributed by atoms with Crippen LogP contribution >= 0.6 is 0 Å². The summed E-state index contributed by atoms with van der Waals surface area (Å²) in [7, 11) is 0. The van der Waals surface area contributed by atoms with Crippen molar-refractivity contribution in [3.63, 3.8) is 0 Å². The Kier molecular flexibility index (Phi) is 2.73. The van der Waals surface area contributed by atoms with Crippen LogP contribution in [0.15, 0.2) is 36.9 Å². The van der Waals surface area contributed by atoms with E-state index >= 15 is 0 Å². The lowest BCUT2D eigenvalue weighted by Crippen LogP contribution is -2.12. The molecule has 0 bridgehead atoms. The average molecular weight is 215 g/mol. The number of nitrogens with one attached hydrogen (secondary N) is 1. The van der Waals surface area contributed by atoms with Crippen molar-refractivity contribution in [3.05, 3.63) is 42.5 Å². The van der Waals surface area contributed by atoms with Crippen molar-refractivity contribution in [2.24, 2.45) is 5.73 Å². The molecule has 0 saturated carbocycles. The molecule has 16 heavy (non-hydrogen) atoms. The van der Waals surface area contributed by atoms with Crippen molar-refractivity contribution >= 4 is 17.5 Å². The highest BCUT2D eigenvalue weighted by Crippen LogP contribution is 2.09. The largest absolute Gasteiger partial charge is 0.366 e. The summed E-state index contributed by atoms with van der Waals surface area (Å²) in [5, 5.41) is 2.93. The number of anilines is 2. The van der Waals surface area contributed by atoms with Crippen LogP contribution in [-0.4, -0.2) is 20.9 Å². The minimum absolute atomic E-state index is 0.275. The molecule has 0 saturated heterocycles. The summed E-state index contributed by atoms with van der Waals surface area (Å²) in [6.45, 7) is 0. The zero-order chi connectivity index (χ0) is 11.4. The number of nitrogens with two attached hydrogens (primary N) is 1. The maximum Gasteiger partial charge on any atom is 0.251 e. The highest BCUT2D eigenvalue weighted by Gasteiger charge is 2.02. The SMILES string of the molecule is NC(=O)c1cnc(Nc2cccnc2)nc1. The molecule has 3 N–H and O–H groups in total. The second-order valence-corrected chi connectivity index (χ2v) is 3.03. The standard InChI is InChI=1S/C10H9N5O/c11-9(16)7-4-13-10(14-5-7)15-8-2-1-3-12-6-8/h1-6H,(H2,11,16)(H,13,14,15). The van der Waals surface area contributed by atoms with Crippen LogP contribution in [0.4, 0.5) is 11.6 Å². The molecule has 6 nitrogen and oxygen atoms in total. The Morgan fingerprint density at radius 2 is 2.00 bits per heavy atom. The second kappa shape index (κ2) is 4.35. The molecule has 80 valence electrons. The minimum Gasteiger partial charge on any atom is -0.366 e. The van der Waals surface area contributed by atoms with Gasteiger partial charge in [-0.25, -0.2) is 9.97 Å². The first kappa shape index (κ1) is 10.0. The molecule has 2 aromatic heterocycles. The smallest absolute Gasteiger partial charge is 0.251 e. The first-order valence-corrected chi connectivity index (χ1v) is 4.54. The maximum absolute atomic E-state index is 10.8. The van der Waals surface area contributed by atoms with Crippen LogP contribution in [0, 0.1) is 0 Å². The highest BCUT2D eigenvalue weighted by atomic mass is 16.1. The van der Waals surface area contributed by atoms with Gasteiger partial charge in [-0.15, -0.1) is 0 Å². The first-order chi connectivity index (χ1) is 7.75. The van der Waals surface area contributed by atoms with E-state index in [0.717, 1.165) is 5.69 Å². The number of primary amides is 1. The average Bonchev–Trinajstić information content (AvgIpc) is 2.31. The number of pyridine rings is 1. The van der Waals surface area contributed by atoms with Crippen LogP contribution in [0.3, 0.4) is 0 Å². The molecule has 0 fully saturated rings. The fourth-order valence-electron chi connectivity index (χ4n) is 1.09. The third-order valence-corrected chi connectivity index (χ3v) is 1.85. The van der Waals surface area contributed by atoms with Gasteiger partial charge in [0.25, 0.3) is 5.91 Å². The zero-order valence-electron chi connectivity index (χ0n) is 8.29. The second-order valence-electron chi connectivity index (χ2n) is 3.03. The molecule has 0 spiro atoms. The molecular formula is C10H9N5O. The predicted molar refractivity (Wildman–Crippen MR) is 58.1 cm³/mol. The fourth-order valence-corrected chi connectivity index (χ4v) is 1.09. The molecule has 0 unspecified atom stereocenters. The lowest BCUT2D eigenvalue weighted by Gasteiger charge is -2.03. The summed E-state index contributed by atoms with van der Waals surface area (Å²) in [6.07, 6.45) is 6.05. The Balaban J connectivity index is 2.14. The summed E-state index contributed by atoms with van der Waals surface area (Å²) >= 11 is 0. The molecule has 0 aliphatic heterocycles. The van der Waals surface area contributed by atoms with Crippen molar-refractivity contribution in [2.75, 3.05) is 5.32 Å². The summed E-state index contributed by atoms with van der Waals surface area (Å²) in [4.78, 5) is 22.6. The van der Waals surface area contributed by atoms with Crippen molar-refractivity contribution < 1.29 is 4.79 Å². The number of carbonyl (C=O) groups is 1. The van der Waals surface area contributed by atoms with Gasteiger partial charge in [-0.3, -0.25) is 9.78 Å². The van der Waals surface area contributed by atoms with E-state index in [1.165, 1.54) is 12.4 Å². The van der Waals surface area contributed by atoms with E-state index in [1.807, 2.05) is 6.07 Å². The molecule has 6 heteroatoms. The third-order valence-electron chi connectivity index (χ3n) is 1.85. The number of hydrogen-bond acceptors (Lipinski definition) is 5. The topological polar surface area (TPSA) is 93.8 Å². The van der Waals surface area contributed by atoms with Crippen molar-refractivity contribution in [3.8, 4) is 0 Å². The van der Waals surface area contributed by atoms with Gasteiger partial charge in [0, 0.05) is 18.6 Å². The van der Waals surface area contributed by atoms with E-state index in [-0.39, 0.29) is 5.56 Å². The Bertz CT molecular complexity index is 482. The fraction of sp³-hybridized carbons (Fsp3) is 0. The lowest BCUT2D eigenvalue weighted by molar-refractivity contribution is 0.0999. The van der Waals surface area contributed by atoms with Crippen LogP contribution in [0.2, 0.25) is 0 Å². The molecule has 0 radical (unpaired) electrons. The van der Waals surface area contributed by atoms with Gasteiger partial charge in [-0.05, 0) is 12.1 Å². The van der Waals surface area contributed by atoms with E-state index < -0.39 is 5.91 Å². The molecule has 2 heterocycles. The van der Waals surface area contributed by atoms with E-state index in [9.17, 15) is 4.79 Å². The van der Waals surface area contributed by atoms with Crippen molar-refractivity contribution in [1.82, 2.24) is 15.0 Å². The van der Waals surface area contributed by atoms with Crippen LogP contribution in [0.1, 0.15) is 10.4 Å². The van der Waals surface area contributed by atoms with Gasteiger partial charge in [-0.1, -0.05) is 0 Å². The van der Waals surface area contributed by atoms with E-state index in [2.05, 4.69) is 20.3 Å². The molecule has 0 atom stereocenters. The van der Waals surface area contributed by atoms with Crippen molar-refractivity contribution in [1.29, 1.82) is 0 Å². The Hall–Kier alpha value is -2.50. The number of carbonyl (C=O) groups excluding carboxylic acids is 1. The van der Waals surface area contributed by atoms with E-state index in [1.54, 1.807) is 18.5 Å². The minimum atomic E-state index is -0.548. The maximum atomic E-state index is 10.8. The Labute approximate surface area is 91.6 Å². The zero-order valence-corrected chi connectivity index (χ0v) is 8.29. The molecule has 1 amide bonds. The van der Waals surface area contributed by atoms with Gasteiger partial charge >= 0.3 is 0 Å². The highest BCUT2D eigenvalue weighted by molar-refractivity contribution is 5.92. The predicted octanol–water partition coefficient (Wildman–Crippen LogP) is 0.714. The monoisotopic (exact) mass is 215 g/mol. The molecule has 0 aromatic carbocycles. The summed E-state index contributed by atoms with van der Waals surface area (Å²) in [5.74, 6) is -0.161. The van der Waals surface area contributed by atoms with Gasteiger partial charge in [-0.2, -0.15) is 0 Å². The number of hydrogen-bond donors (Lipinski definition) is 2. The van der Waals surface area contributed by atoms with Gasteiger partial charge in [0.2, 0.25) is 5.95 Å². The number of amides is 1. The van der Waals surface area contributed by atoms with Crippen LogP contribution in [-0.2, 0) is 0 Å². The number of nitrogens with zero attached hydrogens (tertiary/aromatic N) is 3. The summed E-state index contributed by atoms with van der Waals surface area (Å²) < 4.78 is 0. The summed E-state index contributed by atoms with van der Waals surface area (Å²) in [6, 6.07) is 3.62. The lowest BCUT2D eigenvalue weighted by atomic mass is 10.3. The van der Waals surface area contributed by atoms with Crippen LogP contribution in [0.25, 0.3) is 0 Å². The van der Waals surface area contributed by atoms with Gasteiger partial charge in [0.1, 0.15) is 0 Å². The Morgan fingerprint density at radius 1 is 1.25 bits per heavy atom. The third kappa shape index (κ3) is 2.30.